The largest absolute Gasteiger partial charge is 0.497 e. The SMILES string of the molecule is COc1ccc(NC(=O)c2ccccc2NC(=O)CC2CC3CCC(C2)N3)cc1. The number of ether oxygens (including phenoxy) is 1. The molecule has 2 amide bonds. The molecule has 6 nitrogen and oxygen atoms in total. The van der Waals surface area contributed by atoms with Gasteiger partial charge in [0, 0.05) is 24.2 Å². The second kappa shape index (κ2) is 8.66. The normalized spacial score (nSPS) is 22.7. The lowest BCUT2D eigenvalue weighted by Gasteiger charge is -2.28. The molecule has 4 rings (SSSR count). The summed E-state index contributed by atoms with van der Waals surface area (Å²) in [6, 6.07) is 15.4. The Hall–Kier alpha value is -2.86. The minimum atomic E-state index is -0.258. The van der Waals surface area contributed by atoms with E-state index in [4.69, 9.17) is 4.74 Å². The summed E-state index contributed by atoms with van der Waals surface area (Å²) in [7, 11) is 1.60. The van der Waals surface area contributed by atoms with Gasteiger partial charge in [-0.15, -0.1) is 0 Å². The van der Waals surface area contributed by atoms with Crippen LogP contribution in [0.5, 0.6) is 5.75 Å². The molecule has 0 radical (unpaired) electrons. The first-order valence-electron chi connectivity index (χ1n) is 10.2. The first-order chi connectivity index (χ1) is 14.1. The topological polar surface area (TPSA) is 79.5 Å². The zero-order valence-corrected chi connectivity index (χ0v) is 16.6. The van der Waals surface area contributed by atoms with Gasteiger partial charge in [-0.25, -0.2) is 0 Å². The molecule has 2 saturated heterocycles. The fourth-order valence-corrected chi connectivity index (χ4v) is 4.47. The third-order valence-electron chi connectivity index (χ3n) is 5.84. The van der Waals surface area contributed by atoms with Gasteiger partial charge in [-0.2, -0.15) is 0 Å². The van der Waals surface area contributed by atoms with E-state index in [0.29, 0.717) is 41.4 Å². The molecule has 3 N–H and O–H groups in total. The van der Waals surface area contributed by atoms with Crippen molar-refractivity contribution in [2.45, 2.75) is 44.2 Å². The Kier molecular flexibility index (Phi) is 5.81. The second-order valence-corrected chi connectivity index (χ2v) is 7.96. The molecule has 6 heteroatoms. The van der Waals surface area contributed by atoms with Gasteiger partial charge in [0.15, 0.2) is 0 Å². The van der Waals surface area contributed by atoms with E-state index in [9.17, 15) is 9.59 Å². The quantitative estimate of drug-likeness (QED) is 0.697. The van der Waals surface area contributed by atoms with Crippen LogP contribution in [0.4, 0.5) is 11.4 Å². The monoisotopic (exact) mass is 393 g/mol. The van der Waals surface area contributed by atoms with E-state index in [1.807, 2.05) is 6.07 Å². The molecule has 2 atom stereocenters. The molecule has 0 aliphatic carbocycles. The van der Waals surface area contributed by atoms with Gasteiger partial charge in [0.2, 0.25) is 5.91 Å². The lowest BCUT2D eigenvalue weighted by atomic mass is 9.89. The number of carbonyl (C=O) groups is 2. The summed E-state index contributed by atoms with van der Waals surface area (Å²) in [5, 5.41) is 9.43. The van der Waals surface area contributed by atoms with Gasteiger partial charge >= 0.3 is 0 Å². The average Bonchev–Trinajstić information content (AvgIpc) is 3.07. The van der Waals surface area contributed by atoms with E-state index in [-0.39, 0.29) is 11.8 Å². The van der Waals surface area contributed by atoms with E-state index < -0.39 is 0 Å². The van der Waals surface area contributed by atoms with Crippen molar-refractivity contribution in [3.8, 4) is 5.75 Å². The molecule has 2 aliphatic heterocycles. The van der Waals surface area contributed by atoms with Crippen LogP contribution < -0.4 is 20.7 Å². The number of anilines is 2. The number of fused-ring (bicyclic) bond motifs is 2. The van der Waals surface area contributed by atoms with Crippen LogP contribution >= 0.6 is 0 Å². The number of piperidine rings is 1. The van der Waals surface area contributed by atoms with Crippen molar-refractivity contribution in [3.05, 3.63) is 54.1 Å². The maximum absolute atomic E-state index is 12.8. The molecule has 2 heterocycles. The van der Waals surface area contributed by atoms with Crippen molar-refractivity contribution in [3.63, 3.8) is 0 Å². The fraction of sp³-hybridized carbons (Fsp3) is 0.391. The van der Waals surface area contributed by atoms with Crippen LogP contribution in [-0.4, -0.2) is 31.0 Å². The zero-order valence-electron chi connectivity index (χ0n) is 16.6. The van der Waals surface area contributed by atoms with E-state index in [0.717, 1.165) is 18.6 Å². The smallest absolute Gasteiger partial charge is 0.257 e. The van der Waals surface area contributed by atoms with Crippen LogP contribution in [0.2, 0.25) is 0 Å². The standard InChI is InChI=1S/C23H27N3O3/c1-29-19-10-8-16(9-11-19)25-23(28)20-4-2-3-5-21(20)26-22(27)14-15-12-17-6-7-18(13-15)24-17/h2-5,8-11,15,17-18,24H,6-7,12-14H2,1H3,(H,25,28)(H,26,27). The van der Waals surface area contributed by atoms with Gasteiger partial charge < -0.3 is 20.7 Å². The summed E-state index contributed by atoms with van der Waals surface area (Å²) in [5.74, 6) is 0.850. The van der Waals surface area contributed by atoms with Gasteiger partial charge in [0.25, 0.3) is 5.91 Å². The molecule has 2 unspecified atom stereocenters. The van der Waals surface area contributed by atoms with Crippen molar-refractivity contribution >= 4 is 23.2 Å². The number of nitrogens with one attached hydrogen (secondary N) is 3. The summed E-state index contributed by atoms with van der Waals surface area (Å²) in [5.41, 5.74) is 1.66. The number of amides is 2. The number of para-hydroxylation sites is 1. The number of hydrogen-bond acceptors (Lipinski definition) is 4. The van der Waals surface area contributed by atoms with Crippen molar-refractivity contribution in [2.24, 2.45) is 5.92 Å². The first-order valence-corrected chi connectivity index (χ1v) is 10.2. The number of benzene rings is 2. The van der Waals surface area contributed by atoms with Crippen LogP contribution in [0.3, 0.4) is 0 Å². The lowest BCUT2D eigenvalue weighted by Crippen LogP contribution is -2.39. The predicted octanol–water partition coefficient (Wildman–Crippen LogP) is 3.81. The Bertz CT molecular complexity index is 869. The third-order valence-corrected chi connectivity index (χ3v) is 5.84. The second-order valence-electron chi connectivity index (χ2n) is 7.96. The maximum Gasteiger partial charge on any atom is 0.257 e. The molecule has 2 fully saturated rings. The number of carbonyl (C=O) groups excluding carboxylic acids is 2. The molecule has 0 aromatic heterocycles. The predicted molar refractivity (Wildman–Crippen MR) is 113 cm³/mol. The van der Waals surface area contributed by atoms with Crippen LogP contribution in [0.15, 0.2) is 48.5 Å². The summed E-state index contributed by atoms with van der Waals surface area (Å²) >= 11 is 0. The minimum absolute atomic E-state index is 0.0269. The van der Waals surface area contributed by atoms with Gasteiger partial charge in [0.05, 0.1) is 18.4 Å². The van der Waals surface area contributed by atoms with Crippen LogP contribution in [0.25, 0.3) is 0 Å². The summed E-state index contributed by atoms with van der Waals surface area (Å²) in [4.78, 5) is 25.4. The molecule has 0 saturated carbocycles. The van der Waals surface area contributed by atoms with Crippen LogP contribution in [-0.2, 0) is 4.79 Å². The highest BCUT2D eigenvalue weighted by atomic mass is 16.5. The highest BCUT2D eigenvalue weighted by Crippen LogP contribution is 2.33. The van der Waals surface area contributed by atoms with Crippen molar-refractivity contribution < 1.29 is 14.3 Å². The molecular weight excluding hydrogens is 366 g/mol. The molecular formula is C23H27N3O3. The lowest BCUT2D eigenvalue weighted by molar-refractivity contribution is -0.117. The first kappa shape index (κ1) is 19.5. The van der Waals surface area contributed by atoms with E-state index >= 15 is 0 Å². The van der Waals surface area contributed by atoms with Gasteiger partial charge in [-0.3, -0.25) is 9.59 Å². The molecule has 2 aromatic carbocycles. The minimum Gasteiger partial charge on any atom is -0.497 e. The van der Waals surface area contributed by atoms with Crippen molar-refractivity contribution in [1.29, 1.82) is 0 Å². The summed E-state index contributed by atoms with van der Waals surface area (Å²) in [6.07, 6.45) is 5.06. The van der Waals surface area contributed by atoms with E-state index in [1.165, 1.54) is 12.8 Å². The Morgan fingerprint density at radius 2 is 1.69 bits per heavy atom. The van der Waals surface area contributed by atoms with Gasteiger partial charge in [-0.05, 0) is 68.0 Å². The molecule has 152 valence electrons. The highest BCUT2D eigenvalue weighted by Gasteiger charge is 2.34. The van der Waals surface area contributed by atoms with E-state index in [1.54, 1.807) is 49.6 Å². The molecule has 29 heavy (non-hydrogen) atoms. The van der Waals surface area contributed by atoms with Crippen molar-refractivity contribution in [1.82, 2.24) is 5.32 Å². The Morgan fingerprint density at radius 3 is 2.38 bits per heavy atom. The van der Waals surface area contributed by atoms with Crippen LogP contribution in [0.1, 0.15) is 42.5 Å². The number of hydrogen-bond donors (Lipinski definition) is 3. The molecule has 2 aromatic rings. The van der Waals surface area contributed by atoms with E-state index in [2.05, 4.69) is 16.0 Å². The Balaban J connectivity index is 1.39. The van der Waals surface area contributed by atoms with Crippen molar-refractivity contribution in [2.75, 3.05) is 17.7 Å². The number of methoxy groups -OCH3 is 1. The molecule has 0 spiro atoms. The molecule has 2 bridgehead atoms. The fourth-order valence-electron chi connectivity index (χ4n) is 4.47. The highest BCUT2D eigenvalue weighted by molar-refractivity contribution is 6.10. The Labute approximate surface area is 171 Å². The van der Waals surface area contributed by atoms with Gasteiger partial charge in [-0.1, -0.05) is 12.1 Å². The summed E-state index contributed by atoms with van der Waals surface area (Å²) in [6.45, 7) is 0. The Morgan fingerprint density at radius 1 is 1.00 bits per heavy atom. The zero-order chi connectivity index (χ0) is 20.2. The van der Waals surface area contributed by atoms with Gasteiger partial charge in [0.1, 0.15) is 5.75 Å². The van der Waals surface area contributed by atoms with Crippen LogP contribution in [0, 0.1) is 5.92 Å². The average molecular weight is 393 g/mol. The maximum atomic E-state index is 12.8. The third kappa shape index (κ3) is 4.77. The summed E-state index contributed by atoms with van der Waals surface area (Å²) < 4.78 is 5.14. The molecule has 2 aliphatic rings. The number of rotatable bonds is 6.